The van der Waals surface area contributed by atoms with E-state index in [0.29, 0.717) is 11.6 Å². The Morgan fingerprint density at radius 2 is 1.89 bits per heavy atom. The van der Waals surface area contributed by atoms with Crippen molar-refractivity contribution < 1.29 is 4.42 Å². The third-order valence-electron chi connectivity index (χ3n) is 2.93. The number of aromatic nitrogens is 1. The average molecular weight is 239 g/mol. The molecule has 0 amide bonds. The zero-order valence-electron chi connectivity index (χ0n) is 9.97. The van der Waals surface area contributed by atoms with E-state index in [4.69, 9.17) is 15.9 Å². The second-order valence-electron chi connectivity index (χ2n) is 4.32. The fourth-order valence-electron chi connectivity index (χ4n) is 1.88. The van der Waals surface area contributed by atoms with Crippen molar-refractivity contribution in [3.8, 4) is 11.5 Å². The molecule has 3 aromatic rings. The predicted octanol–water partition coefficient (Wildman–Crippen LogP) is 2.97. The van der Waals surface area contributed by atoms with Gasteiger partial charge in [0.2, 0.25) is 5.89 Å². The Hall–Kier alpha value is -2.49. The molecule has 0 aliphatic carbocycles. The summed E-state index contributed by atoms with van der Waals surface area (Å²) in [6, 6.07) is 11.1. The Kier molecular flexibility index (Phi) is 2.23. The molecule has 0 saturated heterocycles. The van der Waals surface area contributed by atoms with Gasteiger partial charge in [-0.15, -0.1) is 0 Å². The van der Waals surface area contributed by atoms with Gasteiger partial charge in [0.05, 0.1) is 0 Å². The third-order valence-corrected chi connectivity index (χ3v) is 2.93. The number of nitrogens with zero attached hydrogens (tertiary/aromatic N) is 1. The van der Waals surface area contributed by atoms with Crippen molar-refractivity contribution in [2.24, 2.45) is 0 Å². The van der Waals surface area contributed by atoms with E-state index in [1.807, 2.05) is 31.2 Å². The highest BCUT2D eigenvalue weighted by molar-refractivity contribution is 5.79. The molecule has 0 aliphatic heterocycles. The molecule has 4 nitrogen and oxygen atoms in total. The molecule has 1 aromatic heterocycles. The molecule has 0 aliphatic rings. The highest BCUT2D eigenvalue weighted by Crippen LogP contribution is 2.27. The summed E-state index contributed by atoms with van der Waals surface area (Å²) in [5, 5.41) is 0. The van der Waals surface area contributed by atoms with Crippen LogP contribution >= 0.6 is 0 Å². The monoisotopic (exact) mass is 239 g/mol. The summed E-state index contributed by atoms with van der Waals surface area (Å²) >= 11 is 0. The number of rotatable bonds is 1. The number of hydrogen-bond donors (Lipinski definition) is 2. The Balaban J connectivity index is 2.16. The first-order valence-electron chi connectivity index (χ1n) is 5.66. The van der Waals surface area contributed by atoms with Crippen molar-refractivity contribution in [2.75, 3.05) is 11.5 Å². The van der Waals surface area contributed by atoms with Crippen LogP contribution in [0.25, 0.3) is 22.6 Å². The van der Waals surface area contributed by atoms with Crippen LogP contribution in [0, 0.1) is 6.92 Å². The first-order valence-corrected chi connectivity index (χ1v) is 5.66. The highest BCUT2D eigenvalue weighted by Gasteiger charge is 2.09. The van der Waals surface area contributed by atoms with E-state index >= 15 is 0 Å². The molecular formula is C14H13N3O. The summed E-state index contributed by atoms with van der Waals surface area (Å²) < 4.78 is 5.70. The number of nitrogen functional groups attached to an aromatic ring is 2. The van der Waals surface area contributed by atoms with E-state index in [2.05, 4.69) is 4.98 Å². The van der Waals surface area contributed by atoms with Crippen LogP contribution in [-0.2, 0) is 0 Å². The first-order chi connectivity index (χ1) is 8.63. The van der Waals surface area contributed by atoms with Gasteiger partial charge in [0, 0.05) is 16.9 Å². The molecule has 0 saturated carbocycles. The van der Waals surface area contributed by atoms with Crippen molar-refractivity contribution >= 4 is 22.5 Å². The number of nitrogens with two attached hydrogens (primary N) is 2. The molecule has 4 N–H and O–H groups in total. The molecular weight excluding hydrogens is 226 g/mol. The molecule has 18 heavy (non-hydrogen) atoms. The zero-order chi connectivity index (χ0) is 12.7. The maximum Gasteiger partial charge on any atom is 0.227 e. The average Bonchev–Trinajstić information content (AvgIpc) is 2.75. The van der Waals surface area contributed by atoms with E-state index in [9.17, 15) is 0 Å². The molecule has 2 aromatic carbocycles. The van der Waals surface area contributed by atoms with Gasteiger partial charge in [0.15, 0.2) is 5.58 Å². The van der Waals surface area contributed by atoms with E-state index in [1.54, 1.807) is 12.1 Å². The van der Waals surface area contributed by atoms with Gasteiger partial charge < -0.3 is 15.9 Å². The lowest BCUT2D eigenvalue weighted by Gasteiger charge is -2.00. The van der Waals surface area contributed by atoms with Crippen molar-refractivity contribution in [3.63, 3.8) is 0 Å². The SMILES string of the molecule is Cc1cc(-c2nc3cc(N)ccc3o2)ccc1N. The fraction of sp³-hybridized carbons (Fsp3) is 0.0714. The molecule has 90 valence electrons. The second-order valence-corrected chi connectivity index (χ2v) is 4.32. The van der Waals surface area contributed by atoms with Crippen LogP contribution < -0.4 is 11.5 Å². The maximum atomic E-state index is 5.79. The molecule has 4 heteroatoms. The summed E-state index contributed by atoms with van der Waals surface area (Å²) in [5.74, 6) is 0.582. The number of anilines is 2. The second kappa shape index (κ2) is 3.77. The smallest absolute Gasteiger partial charge is 0.227 e. The fourth-order valence-corrected chi connectivity index (χ4v) is 1.88. The minimum absolute atomic E-state index is 0.582. The standard InChI is InChI=1S/C14H13N3O/c1-8-6-9(2-4-11(8)16)14-17-12-7-10(15)3-5-13(12)18-14/h2-7H,15-16H2,1H3. The summed E-state index contributed by atoms with van der Waals surface area (Å²) in [6.07, 6.45) is 0. The van der Waals surface area contributed by atoms with E-state index in [0.717, 1.165) is 27.9 Å². The van der Waals surface area contributed by atoms with Crippen LogP contribution in [0.2, 0.25) is 0 Å². The molecule has 0 fully saturated rings. The molecule has 3 rings (SSSR count). The minimum Gasteiger partial charge on any atom is -0.436 e. The van der Waals surface area contributed by atoms with Crippen molar-refractivity contribution in [3.05, 3.63) is 42.0 Å². The van der Waals surface area contributed by atoms with Gasteiger partial charge in [-0.25, -0.2) is 4.98 Å². The quantitative estimate of drug-likeness (QED) is 0.640. The largest absolute Gasteiger partial charge is 0.436 e. The van der Waals surface area contributed by atoms with Crippen molar-refractivity contribution in [2.45, 2.75) is 6.92 Å². The van der Waals surface area contributed by atoms with Gasteiger partial charge >= 0.3 is 0 Å². The summed E-state index contributed by atoms with van der Waals surface area (Å²) in [7, 11) is 0. The van der Waals surface area contributed by atoms with Gasteiger partial charge in [-0.1, -0.05) is 0 Å². The molecule has 0 spiro atoms. The Morgan fingerprint density at radius 1 is 1.06 bits per heavy atom. The minimum atomic E-state index is 0.582. The number of oxazole rings is 1. The number of benzene rings is 2. The first kappa shape index (κ1) is 10.7. The van der Waals surface area contributed by atoms with Gasteiger partial charge in [0.1, 0.15) is 5.52 Å². The topological polar surface area (TPSA) is 78.1 Å². The van der Waals surface area contributed by atoms with Crippen LogP contribution in [0.15, 0.2) is 40.8 Å². The molecule has 0 atom stereocenters. The van der Waals surface area contributed by atoms with Gasteiger partial charge in [-0.2, -0.15) is 0 Å². The summed E-state index contributed by atoms with van der Waals surface area (Å²) in [5.41, 5.74) is 16.4. The normalized spacial score (nSPS) is 10.9. The molecule has 0 unspecified atom stereocenters. The molecule has 1 heterocycles. The Labute approximate surface area is 104 Å². The van der Waals surface area contributed by atoms with Crippen LogP contribution in [0.5, 0.6) is 0 Å². The number of fused-ring (bicyclic) bond motifs is 1. The van der Waals surface area contributed by atoms with Crippen LogP contribution in [0.3, 0.4) is 0 Å². The highest BCUT2D eigenvalue weighted by atomic mass is 16.3. The van der Waals surface area contributed by atoms with E-state index in [1.165, 1.54) is 0 Å². The predicted molar refractivity (Wildman–Crippen MR) is 73.0 cm³/mol. The number of aryl methyl sites for hydroxylation is 1. The van der Waals surface area contributed by atoms with Crippen LogP contribution in [0.4, 0.5) is 11.4 Å². The third kappa shape index (κ3) is 1.68. The van der Waals surface area contributed by atoms with Crippen LogP contribution in [0.1, 0.15) is 5.56 Å². The summed E-state index contributed by atoms with van der Waals surface area (Å²) in [6.45, 7) is 1.96. The lowest BCUT2D eigenvalue weighted by molar-refractivity contribution is 0.620. The lowest BCUT2D eigenvalue weighted by Crippen LogP contribution is -1.89. The zero-order valence-corrected chi connectivity index (χ0v) is 9.97. The van der Waals surface area contributed by atoms with Crippen LogP contribution in [-0.4, -0.2) is 4.98 Å². The van der Waals surface area contributed by atoms with Gasteiger partial charge in [-0.05, 0) is 48.9 Å². The molecule has 0 bridgehead atoms. The lowest BCUT2D eigenvalue weighted by atomic mass is 10.1. The van der Waals surface area contributed by atoms with Gasteiger partial charge in [0.25, 0.3) is 0 Å². The maximum absolute atomic E-state index is 5.79. The van der Waals surface area contributed by atoms with Crippen molar-refractivity contribution in [1.82, 2.24) is 4.98 Å². The van der Waals surface area contributed by atoms with Crippen molar-refractivity contribution in [1.29, 1.82) is 0 Å². The Morgan fingerprint density at radius 3 is 2.67 bits per heavy atom. The van der Waals surface area contributed by atoms with Gasteiger partial charge in [-0.3, -0.25) is 0 Å². The number of hydrogen-bond acceptors (Lipinski definition) is 4. The van der Waals surface area contributed by atoms with E-state index < -0.39 is 0 Å². The molecule has 0 radical (unpaired) electrons. The summed E-state index contributed by atoms with van der Waals surface area (Å²) in [4.78, 5) is 4.43. The Bertz CT molecular complexity index is 731. The van der Waals surface area contributed by atoms with E-state index in [-0.39, 0.29) is 0 Å².